The van der Waals surface area contributed by atoms with Crippen molar-refractivity contribution < 1.29 is 14.1 Å². The van der Waals surface area contributed by atoms with E-state index in [0.717, 1.165) is 5.56 Å². The van der Waals surface area contributed by atoms with Gasteiger partial charge in [-0.15, -0.1) is 0 Å². The molecule has 0 radical (unpaired) electrons. The molecule has 1 heterocycles. The molecule has 0 bridgehead atoms. The van der Waals surface area contributed by atoms with E-state index in [1.54, 1.807) is 38.2 Å². The molecule has 0 aliphatic heterocycles. The average molecular weight is 372 g/mol. The second kappa shape index (κ2) is 8.01. The molecule has 0 saturated carbocycles. The monoisotopic (exact) mass is 371 g/mol. The standard InChI is InChI=1S/C19H18ClN3O3/c1-13(25-16-10-6-9-15(20)11-16)19(24)23(2)12-17-21-18(22-26-17)14-7-4-3-5-8-14/h3-11,13H,12H2,1-2H3. The van der Waals surface area contributed by atoms with Gasteiger partial charge in [0.15, 0.2) is 6.10 Å². The molecule has 1 atom stereocenters. The molecule has 0 N–H and O–H groups in total. The average Bonchev–Trinajstić information content (AvgIpc) is 3.10. The van der Waals surface area contributed by atoms with Crippen LogP contribution in [0.2, 0.25) is 5.02 Å². The second-order valence-corrected chi connectivity index (χ2v) is 6.23. The minimum absolute atomic E-state index is 0.196. The van der Waals surface area contributed by atoms with Crippen LogP contribution < -0.4 is 4.74 Å². The van der Waals surface area contributed by atoms with Crippen molar-refractivity contribution in [1.29, 1.82) is 0 Å². The maximum atomic E-state index is 12.5. The van der Waals surface area contributed by atoms with Crippen LogP contribution in [0, 0.1) is 0 Å². The van der Waals surface area contributed by atoms with E-state index in [2.05, 4.69) is 10.1 Å². The largest absolute Gasteiger partial charge is 0.481 e. The maximum absolute atomic E-state index is 12.5. The molecule has 3 aromatic rings. The summed E-state index contributed by atoms with van der Waals surface area (Å²) >= 11 is 5.93. The van der Waals surface area contributed by atoms with E-state index in [9.17, 15) is 4.79 Å². The third-order valence-electron chi connectivity index (χ3n) is 3.71. The third kappa shape index (κ3) is 4.40. The quantitative estimate of drug-likeness (QED) is 0.659. The Hall–Kier alpha value is -2.86. The predicted molar refractivity (Wildman–Crippen MR) is 97.8 cm³/mol. The van der Waals surface area contributed by atoms with Gasteiger partial charge in [-0.25, -0.2) is 0 Å². The molecule has 0 fully saturated rings. The summed E-state index contributed by atoms with van der Waals surface area (Å²) < 4.78 is 10.9. The van der Waals surface area contributed by atoms with E-state index < -0.39 is 6.10 Å². The zero-order chi connectivity index (χ0) is 18.5. The van der Waals surface area contributed by atoms with Crippen molar-refractivity contribution >= 4 is 17.5 Å². The topological polar surface area (TPSA) is 68.5 Å². The van der Waals surface area contributed by atoms with Crippen molar-refractivity contribution in [2.75, 3.05) is 7.05 Å². The number of ether oxygens (including phenoxy) is 1. The van der Waals surface area contributed by atoms with Gasteiger partial charge in [0.1, 0.15) is 5.75 Å². The number of amides is 1. The Morgan fingerprint density at radius 3 is 2.73 bits per heavy atom. The van der Waals surface area contributed by atoms with Crippen LogP contribution in [0.25, 0.3) is 11.4 Å². The third-order valence-corrected chi connectivity index (χ3v) is 3.94. The Bertz CT molecular complexity index is 883. The smallest absolute Gasteiger partial charge is 0.263 e. The van der Waals surface area contributed by atoms with Crippen LogP contribution in [0.1, 0.15) is 12.8 Å². The van der Waals surface area contributed by atoms with Crippen LogP contribution in [0.3, 0.4) is 0 Å². The number of nitrogens with zero attached hydrogens (tertiary/aromatic N) is 3. The van der Waals surface area contributed by atoms with Gasteiger partial charge >= 0.3 is 0 Å². The van der Waals surface area contributed by atoms with E-state index in [1.165, 1.54) is 4.90 Å². The summed E-state index contributed by atoms with van der Waals surface area (Å²) in [6, 6.07) is 16.4. The first kappa shape index (κ1) is 17.9. The molecule has 1 aromatic heterocycles. The van der Waals surface area contributed by atoms with Gasteiger partial charge in [-0.05, 0) is 25.1 Å². The predicted octanol–water partition coefficient (Wildman–Crippen LogP) is 3.82. The number of carbonyl (C=O) groups is 1. The summed E-state index contributed by atoms with van der Waals surface area (Å²) in [6.45, 7) is 1.88. The minimum Gasteiger partial charge on any atom is -0.481 e. The lowest BCUT2D eigenvalue weighted by Gasteiger charge is -2.20. The first-order chi connectivity index (χ1) is 12.5. The molecular weight excluding hydrogens is 354 g/mol. The molecule has 0 aliphatic rings. The lowest BCUT2D eigenvalue weighted by Crippen LogP contribution is -2.37. The fourth-order valence-corrected chi connectivity index (χ4v) is 2.59. The van der Waals surface area contributed by atoms with Crippen LogP contribution in [-0.2, 0) is 11.3 Å². The molecule has 3 rings (SSSR count). The number of hydrogen-bond donors (Lipinski definition) is 0. The number of likely N-dealkylation sites (N-methyl/N-ethyl adjacent to an activating group) is 1. The zero-order valence-corrected chi connectivity index (χ0v) is 15.2. The second-order valence-electron chi connectivity index (χ2n) is 5.79. The SMILES string of the molecule is CC(Oc1cccc(Cl)c1)C(=O)N(C)Cc1nc(-c2ccccc2)no1. The lowest BCUT2D eigenvalue weighted by molar-refractivity contribution is -0.137. The number of hydrogen-bond acceptors (Lipinski definition) is 5. The molecule has 0 saturated heterocycles. The summed E-state index contributed by atoms with van der Waals surface area (Å²) in [7, 11) is 1.66. The molecule has 0 aliphatic carbocycles. The summed E-state index contributed by atoms with van der Waals surface area (Å²) in [5.74, 6) is 1.18. The Labute approximate surface area is 156 Å². The van der Waals surface area contributed by atoms with Crippen molar-refractivity contribution in [3.8, 4) is 17.1 Å². The Morgan fingerprint density at radius 2 is 2.00 bits per heavy atom. The molecule has 1 amide bonds. The van der Waals surface area contributed by atoms with Crippen molar-refractivity contribution in [1.82, 2.24) is 15.0 Å². The van der Waals surface area contributed by atoms with Crippen LogP contribution in [-0.4, -0.2) is 34.1 Å². The summed E-state index contributed by atoms with van der Waals surface area (Å²) in [4.78, 5) is 18.3. The Kier molecular flexibility index (Phi) is 5.53. The van der Waals surface area contributed by atoms with E-state index in [1.807, 2.05) is 30.3 Å². The number of carbonyl (C=O) groups excluding carboxylic acids is 1. The van der Waals surface area contributed by atoms with Gasteiger partial charge in [-0.1, -0.05) is 53.2 Å². The van der Waals surface area contributed by atoms with E-state index in [0.29, 0.717) is 22.5 Å². The molecule has 134 valence electrons. The summed E-state index contributed by atoms with van der Waals surface area (Å²) in [5.41, 5.74) is 0.856. The maximum Gasteiger partial charge on any atom is 0.263 e. The summed E-state index contributed by atoms with van der Waals surface area (Å²) in [5, 5.41) is 4.50. The van der Waals surface area contributed by atoms with E-state index in [4.69, 9.17) is 20.9 Å². The van der Waals surface area contributed by atoms with Gasteiger partial charge in [0, 0.05) is 17.6 Å². The number of aromatic nitrogens is 2. The van der Waals surface area contributed by atoms with Crippen LogP contribution in [0.4, 0.5) is 0 Å². The highest BCUT2D eigenvalue weighted by atomic mass is 35.5. The Morgan fingerprint density at radius 1 is 1.23 bits per heavy atom. The van der Waals surface area contributed by atoms with Crippen LogP contribution in [0.5, 0.6) is 5.75 Å². The molecule has 1 unspecified atom stereocenters. The molecule has 7 heteroatoms. The van der Waals surface area contributed by atoms with Gasteiger partial charge in [-0.2, -0.15) is 4.98 Å². The first-order valence-electron chi connectivity index (χ1n) is 8.08. The van der Waals surface area contributed by atoms with Gasteiger partial charge in [0.05, 0.1) is 6.54 Å². The van der Waals surface area contributed by atoms with Crippen molar-refractivity contribution in [3.05, 3.63) is 65.5 Å². The Balaban J connectivity index is 1.61. The number of benzene rings is 2. The van der Waals surface area contributed by atoms with Crippen molar-refractivity contribution in [2.45, 2.75) is 19.6 Å². The fourth-order valence-electron chi connectivity index (χ4n) is 2.41. The first-order valence-corrected chi connectivity index (χ1v) is 8.46. The highest BCUT2D eigenvalue weighted by Crippen LogP contribution is 2.19. The van der Waals surface area contributed by atoms with Gasteiger partial charge in [0.2, 0.25) is 11.7 Å². The lowest BCUT2D eigenvalue weighted by atomic mass is 10.2. The number of halogens is 1. The number of rotatable bonds is 6. The fraction of sp³-hybridized carbons (Fsp3) is 0.211. The van der Waals surface area contributed by atoms with Crippen LogP contribution in [0.15, 0.2) is 59.1 Å². The minimum atomic E-state index is -0.671. The summed E-state index contributed by atoms with van der Waals surface area (Å²) in [6.07, 6.45) is -0.671. The highest BCUT2D eigenvalue weighted by Gasteiger charge is 2.21. The van der Waals surface area contributed by atoms with E-state index >= 15 is 0 Å². The van der Waals surface area contributed by atoms with Gasteiger partial charge in [0.25, 0.3) is 5.91 Å². The molecule has 26 heavy (non-hydrogen) atoms. The molecule has 0 spiro atoms. The molecular formula is C19H18ClN3O3. The van der Waals surface area contributed by atoms with Crippen molar-refractivity contribution in [3.63, 3.8) is 0 Å². The highest BCUT2D eigenvalue weighted by molar-refractivity contribution is 6.30. The zero-order valence-electron chi connectivity index (χ0n) is 14.4. The normalized spacial score (nSPS) is 11.8. The van der Waals surface area contributed by atoms with E-state index in [-0.39, 0.29) is 12.5 Å². The van der Waals surface area contributed by atoms with Gasteiger partial charge < -0.3 is 14.2 Å². The van der Waals surface area contributed by atoms with Crippen LogP contribution >= 0.6 is 11.6 Å². The molecule has 6 nitrogen and oxygen atoms in total. The van der Waals surface area contributed by atoms with Crippen molar-refractivity contribution in [2.24, 2.45) is 0 Å². The van der Waals surface area contributed by atoms with Gasteiger partial charge in [-0.3, -0.25) is 4.79 Å². The molecule has 2 aromatic carbocycles.